The Bertz CT molecular complexity index is 684. The van der Waals surface area contributed by atoms with Gasteiger partial charge in [-0.2, -0.15) is 11.3 Å². The minimum absolute atomic E-state index is 0.0151. The van der Waals surface area contributed by atoms with E-state index in [0.29, 0.717) is 17.1 Å². The van der Waals surface area contributed by atoms with Crippen LogP contribution in [0.1, 0.15) is 29.8 Å². The number of likely N-dealkylation sites (N-methyl/N-ethyl adjacent to an activating group) is 1. The zero-order chi connectivity index (χ0) is 17.7. The van der Waals surface area contributed by atoms with E-state index in [4.69, 9.17) is 11.6 Å². The summed E-state index contributed by atoms with van der Waals surface area (Å²) in [5.74, 6) is -0.389. The van der Waals surface area contributed by atoms with Crippen LogP contribution >= 0.6 is 22.9 Å². The van der Waals surface area contributed by atoms with Crippen LogP contribution in [0.5, 0.6) is 0 Å². The third-order valence-electron chi connectivity index (χ3n) is 3.70. The Labute approximate surface area is 151 Å². The van der Waals surface area contributed by atoms with Crippen LogP contribution in [-0.2, 0) is 11.3 Å². The zero-order valence-corrected chi connectivity index (χ0v) is 15.5. The normalized spacial score (nSPS) is 12.0. The fourth-order valence-corrected chi connectivity index (χ4v) is 3.10. The molecule has 24 heavy (non-hydrogen) atoms. The maximum atomic E-state index is 12.7. The molecule has 0 saturated heterocycles. The monoisotopic (exact) mass is 364 g/mol. The Morgan fingerprint density at radius 1 is 1.21 bits per heavy atom. The van der Waals surface area contributed by atoms with Crippen molar-refractivity contribution in [3.8, 4) is 0 Å². The van der Waals surface area contributed by atoms with Gasteiger partial charge in [0.15, 0.2) is 0 Å². The lowest BCUT2D eigenvalue weighted by Gasteiger charge is -2.27. The summed E-state index contributed by atoms with van der Waals surface area (Å²) >= 11 is 7.44. The van der Waals surface area contributed by atoms with Gasteiger partial charge < -0.3 is 10.2 Å². The van der Waals surface area contributed by atoms with E-state index >= 15 is 0 Å². The molecule has 2 amide bonds. The average Bonchev–Trinajstić information content (AvgIpc) is 3.05. The number of thiophene rings is 1. The van der Waals surface area contributed by atoms with Gasteiger partial charge in [0.05, 0.1) is 0 Å². The first-order chi connectivity index (χ1) is 11.4. The third-order valence-corrected chi connectivity index (χ3v) is 4.69. The molecule has 1 aromatic carbocycles. The Hall–Kier alpha value is -1.85. The van der Waals surface area contributed by atoms with Gasteiger partial charge in [0.1, 0.15) is 6.04 Å². The SMILES string of the molecule is CC(C)[C@@H](NC(=O)c1ccc(Cl)cc1)C(=O)N(C)Cc1ccsc1. The van der Waals surface area contributed by atoms with Crippen molar-refractivity contribution in [1.82, 2.24) is 10.2 Å². The number of carbonyl (C=O) groups is 2. The second-order valence-electron chi connectivity index (χ2n) is 6.03. The van der Waals surface area contributed by atoms with E-state index in [1.165, 1.54) is 0 Å². The number of benzene rings is 1. The number of rotatable bonds is 6. The zero-order valence-electron chi connectivity index (χ0n) is 14.0. The van der Waals surface area contributed by atoms with Crippen molar-refractivity contribution in [3.63, 3.8) is 0 Å². The Balaban J connectivity index is 2.06. The van der Waals surface area contributed by atoms with Crippen molar-refractivity contribution in [2.24, 2.45) is 5.92 Å². The fourth-order valence-electron chi connectivity index (χ4n) is 2.31. The molecule has 1 N–H and O–H groups in total. The highest BCUT2D eigenvalue weighted by molar-refractivity contribution is 7.07. The summed E-state index contributed by atoms with van der Waals surface area (Å²) in [6.07, 6.45) is 0. The molecule has 0 spiro atoms. The van der Waals surface area contributed by atoms with E-state index < -0.39 is 6.04 Å². The van der Waals surface area contributed by atoms with E-state index in [1.54, 1.807) is 47.5 Å². The number of amides is 2. The lowest BCUT2D eigenvalue weighted by molar-refractivity contribution is -0.133. The van der Waals surface area contributed by atoms with Gasteiger partial charge in [-0.05, 0) is 52.6 Å². The molecule has 0 fully saturated rings. The van der Waals surface area contributed by atoms with Crippen molar-refractivity contribution in [3.05, 3.63) is 57.2 Å². The molecule has 2 aromatic rings. The summed E-state index contributed by atoms with van der Waals surface area (Å²) in [7, 11) is 1.75. The molecular formula is C18H21ClN2O2S. The van der Waals surface area contributed by atoms with Crippen molar-refractivity contribution in [2.75, 3.05) is 7.05 Å². The molecule has 0 radical (unpaired) electrons. The molecule has 2 rings (SSSR count). The summed E-state index contributed by atoms with van der Waals surface area (Å²) in [6.45, 7) is 4.37. The molecule has 1 aromatic heterocycles. The highest BCUT2D eigenvalue weighted by Gasteiger charge is 2.27. The lowest BCUT2D eigenvalue weighted by Crippen LogP contribution is -2.50. The van der Waals surface area contributed by atoms with E-state index in [1.807, 2.05) is 30.7 Å². The predicted octanol–water partition coefficient (Wildman–Crippen LogP) is 3.81. The first-order valence-electron chi connectivity index (χ1n) is 7.71. The highest BCUT2D eigenvalue weighted by Crippen LogP contribution is 2.13. The number of nitrogens with one attached hydrogen (secondary N) is 1. The van der Waals surface area contributed by atoms with Crippen LogP contribution in [-0.4, -0.2) is 29.8 Å². The molecule has 4 nitrogen and oxygen atoms in total. The van der Waals surface area contributed by atoms with E-state index in [2.05, 4.69) is 5.32 Å². The van der Waals surface area contributed by atoms with Gasteiger partial charge in [-0.25, -0.2) is 0 Å². The maximum Gasteiger partial charge on any atom is 0.251 e. The number of carbonyl (C=O) groups excluding carboxylic acids is 2. The summed E-state index contributed by atoms with van der Waals surface area (Å²) in [4.78, 5) is 26.8. The topological polar surface area (TPSA) is 49.4 Å². The molecular weight excluding hydrogens is 344 g/mol. The standard InChI is InChI=1S/C18H21ClN2O2S/c1-12(2)16(18(23)21(3)10-13-8-9-24-11-13)20-17(22)14-4-6-15(19)7-5-14/h4-9,11-12,16H,10H2,1-3H3,(H,20,22)/t16-/m1/s1. The minimum atomic E-state index is -0.572. The lowest BCUT2D eigenvalue weighted by atomic mass is 10.0. The number of hydrogen-bond donors (Lipinski definition) is 1. The van der Waals surface area contributed by atoms with Crippen LogP contribution in [0.4, 0.5) is 0 Å². The first kappa shape index (κ1) is 18.5. The summed E-state index contributed by atoms with van der Waals surface area (Å²) < 4.78 is 0. The Kier molecular flexibility index (Phi) is 6.40. The van der Waals surface area contributed by atoms with Gasteiger partial charge in [-0.15, -0.1) is 0 Å². The first-order valence-corrected chi connectivity index (χ1v) is 9.03. The second-order valence-corrected chi connectivity index (χ2v) is 7.24. The van der Waals surface area contributed by atoms with Gasteiger partial charge in [-0.1, -0.05) is 25.4 Å². The van der Waals surface area contributed by atoms with Crippen LogP contribution in [0.2, 0.25) is 5.02 Å². The van der Waals surface area contributed by atoms with E-state index in [0.717, 1.165) is 5.56 Å². The molecule has 1 heterocycles. The molecule has 1 atom stereocenters. The second kappa shape index (κ2) is 8.31. The number of hydrogen-bond acceptors (Lipinski definition) is 3. The van der Waals surface area contributed by atoms with Crippen LogP contribution in [0.25, 0.3) is 0 Å². The van der Waals surface area contributed by atoms with Crippen molar-refractivity contribution >= 4 is 34.8 Å². The van der Waals surface area contributed by atoms with E-state index in [9.17, 15) is 9.59 Å². The summed E-state index contributed by atoms with van der Waals surface area (Å²) in [5.41, 5.74) is 1.57. The van der Waals surface area contributed by atoms with Crippen molar-refractivity contribution in [2.45, 2.75) is 26.4 Å². The average molecular weight is 365 g/mol. The van der Waals surface area contributed by atoms with Gasteiger partial charge >= 0.3 is 0 Å². The van der Waals surface area contributed by atoms with Gasteiger partial charge in [0, 0.05) is 24.2 Å². The van der Waals surface area contributed by atoms with Crippen LogP contribution < -0.4 is 5.32 Å². The molecule has 0 aliphatic rings. The van der Waals surface area contributed by atoms with Crippen LogP contribution in [0, 0.1) is 5.92 Å². The molecule has 0 bridgehead atoms. The Morgan fingerprint density at radius 3 is 2.42 bits per heavy atom. The van der Waals surface area contributed by atoms with Gasteiger partial charge in [0.2, 0.25) is 5.91 Å². The Morgan fingerprint density at radius 2 is 1.88 bits per heavy atom. The van der Waals surface area contributed by atoms with Crippen LogP contribution in [0.15, 0.2) is 41.1 Å². The highest BCUT2D eigenvalue weighted by atomic mass is 35.5. The maximum absolute atomic E-state index is 12.7. The summed E-state index contributed by atoms with van der Waals surface area (Å²) in [5, 5.41) is 7.41. The number of halogens is 1. The predicted molar refractivity (Wildman–Crippen MR) is 98.3 cm³/mol. The largest absolute Gasteiger partial charge is 0.340 e. The summed E-state index contributed by atoms with van der Waals surface area (Å²) in [6, 6.07) is 8.03. The van der Waals surface area contributed by atoms with Gasteiger partial charge in [-0.3, -0.25) is 9.59 Å². The quantitative estimate of drug-likeness (QED) is 0.847. The fraction of sp³-hybridized carbons (Fsp3) is 0.333. The molecule has 0 unspecified atom stereocenters. The third kappa shape index (κ3) is 4.82. The smallest absolute Gasteiger partial charge is 0.251 e. The van der Waals surface area contributed by atoms with E-state index in [-0.39, 0.29) is 17.7 Å². The molecule has 0 aliphatic heterocycles. The minimum Gasteiger partial charge on any atom is -0.340 e. The van der Waals surface area contributed by atoms with Gasteiger partial charge in [0.25, 0.3) is 5.91 Å². The van der Waals surface area contributed by atoms with Crippen LogP contribution in [0.3, 0.4) is 0 Å². The molecule has 128 valence electrons. The molecule has 0 aliphatic carbocycles. The van der Waals surface area contributed by atoms with Crippen molar-refractivity contribution < 1.29 is 9.59 Å². The number of nitrogens with zero attached hydrogens (tertiary/aromatic N) is 1. The van der Waals surface area contributed by atoms with Crippen molar-refractivity contribution in [1.29, 1.82) is 0 Å². The molecule has 0 saturated carbocycles. The molecule has 6 heteroatoms.